The van der Waals surface area contributed by atoms with Gasteiger partial charge in [-0.05, 0) is 103 Å². The summed E-state index contributed by atoms with van der Waals surface area (Å²) in [7, 11) is -3.64. The van der Waals surface area contributed by atoms with E-state index in [0.29, 0.717) is 24.2 Å². The smallest absolute Gasteiger partial charge is 0.407 e. The van der Waals surface area contributed by atoms with Gasteiger partial charge in [0, 0.05) is 12.1 Å². The van der Waals surface area contributed by atoms with Gasteiger partial charge in [-0.2, -0.15) is 0 Å². The van der Waals surface area contributed by atoms with Gasteiger partial charge >= 0.3 is 12.1 Å². The number of carbonyl (C=O) groups excluding carboxylic acids is 2. The van der Waals surface area contributed by atoms with Crippen molar-refractivity contribution in [3.63, 3.8) is 0 Å². The Bertz CT molecular complexity index is 1620. The van der Waals surface area contributed by atoms with Crippen LogP contribution in [-0.2, 0) is 30.0 Å². The van der Waals surface area contributed by atoms with Gasteiger partial charge < -0.3 is 19.3 Å². The number of ether oxygens (including phenoxy) is 2. The maximum Gasteiger partial charge on any atom is 0.407 e. The number of fused-ring (bicyclic) bond motifs is 3. The molecule has 7 nitrogen and oxygen atoms in total. The maximum atomic E-state index is 15.4. The number of nitrogens with one attached hydrogen (secondary N) is 1. The predicted octanol–water partition coefficient (Wildman–Crippen LogP) is 9.54. The van der Waals surface area contributed by atoms with Gasteiger partial charge in [-0.25, -0.2) is 4.79 Å². The maximum absolute atomic E-state index is 15.4. The highest BCUT2D eigenvalue weighted by Crippen LogP contribution is 2.65. The number of amides is 1. The molecule has 49 heavy (non-hydrogen) atoms. The summed E-state index contributed by atoms with van der Waals surface area (Å²) in [5.74, 6) is 0.0152. The Morgan fingerprint density at radius 3 is 1.92 bits per heavy atom. The van der Waals surface area contributed by atoms with Crippen LogP contribution in [0.2, 0.25) is 0 Å². The molecule has 1 amide bonds. The third-order valence-corrected chi connectivity index (χ3v) is 14.3. The van der Waals surface area contributed by atoms with E-state index in [1.165, 1.54) is 19.3 Å². The highest BCUT2D eigenvalue weighted by atomic mass is 31.2. The molecule has 4 saturated carbocycles. The summed E-state index contributed by atoms with van der Waals surface area (Å²) < 4.78 is 34.1. The third kappa shape index (κ3) is 7.39. The van der Waals surface area contributed by atoms with Gasteiger partial charge in [-0.3, -0.25) is 9.36 Å². The van der Waals surface area contributed by atoms with Crippen molar-refractivity contribution >= 4 is 19.4 Å². The number of rotatable bonds is 13. The van der Waals surface area contributed by atoms with Crippen molar-refractivity contribution in [1.82, 2.24) is 5.32 Å². The van der Waals surface area contributed by atoms with Crippen molar-refractivity contribution in [2.45, 2.75) is 89.6 Å². The number of carbonyl (C=O) groups is 2. The molecule has 3 unspecified atom stereocenters. The van der Waals surface area contributed by atoms with Crippen LogP contribution in [0.5, 0.6) is 0 Å². The molecule has 0 heterocycles. The molecular weight excluding hydrogens is 633 g/mol. The SMILES string of the molecule is CC(C)CC(CP(=O)(OC12CC3CC(CC(C3)C1)C2)C(C)NC(=O)OCC1c2ccccc2-c2ccccc21)C(=O)OCc1ccccc1. The zero-order valence-electron chi connectivity index (χ0n) is 29.0. The molecule has 0 aliphatic heterocycles. The van der Waals surface area contributed by atoms with Crippen molar-refractivity contribution in [1.29, 1.82) is 0 Å². The lowest BCUT2D eigenvalue weighted by Crippen LogP contribution is -2.52. The number of benzene rings is 3. The molecule has 1 N–H and O–H groups in total. The van der Waals surface area contributed by atoms with Crippen molar-refractivity contribution < 1.29 is 28.2 Å². The van der Waals surface area contributed by atoms with Crippen molar-refractivity contribution in [2.24, 2.45) is 29.6 Å². The second-order valence-electron chi connectivity index (χ2n) is 15.7. The number of hydrogen-bond donors (Lipinski definition) is 1. The Balaban J connectivity index is 1.09. The lowest BCUT2D eigenvalue weighted by molar-refractivity contribution is -0.150. The molecule has 0 aromatic heterocycles. The van der Waals surface area contributed by atoms with Crippen LogP contribution in [0.1, 0.15) is 88.3 Å². The van der Waals surface area contributed by atoms with Crippen LogP contribution in [0.15, 0.2) is 78.9 Å². The van der Waals surface area contributed by atoms with Crippen LogP contribution in [-0.4, -0.2) is 36.2 Å². The first-order valence-electron chi connectivity index (χ1n) is 18.2. The fourth-order valence-electron chi connectivity index (χ4n) is 9.62. The summed E-state index contributed by atoms with van der Waals surface area (Å²) in [5, 5.41) is 2.93. The zero-order valence-corrected chi connectivity index (χ0v) is 29.9. The van der Waals surface area contributed by atoms with E-state index in [0.717, 1.165) is 47.1 Å². The van der Waals surface area contributed by atoms with E-state index in [2.05, 4.69) is 43.4 Å². The Kier molecular flexibility index (Phi) is 9.78. The minimum Gasteiger partial charge on any atom is -0.461 e. The van der Waals surface area contributed by atoms with Crippen molar-refractivity contribution in [2.75, 3.05) is 12.8 Å². The number of esters is 1. The van der Waals surface area contributed by atoms with E-state index in [1.807, 2.05) is 54.6 Å². The highest BCUT2D eigenvalue weighted by Gasteiger charge is 2.55. The summed E-state index contributed by atoms with van der Waals surface area (Å²) in [6.07, 6.45) is 6.27. The van der Waals surface area contributed by atoms with Gasteiger partial charge in [0.2, 0.25) is 7.37 Å². The quantitative estimate of drug-likeness (QED) is 0.143. The molecule has 0 radical (unpaired) electrons. The number of hydrogen-bond acceptors (Lipinski definition) is 6. The molecular formula is C41H50NO6P. The van der Waals surface area contributed by atoms with Crippen LogP contribution in [0, 0.1) is 29.6 Å². The first-order chi connectivity index (χ1) is 23.6. The minimum atomic E-state index is -3.64. The molecule has 0 saturated heterocycles. The summed E-state index contributed by atoms with van der Waals surface area (Å²) in [5.41, 5.74) is 5.00. The van der Waals surface area contributed by atoms with E-state index in [1.54, 1.807) is 6.92 Å². The van der Waals surface area contributed by atoms with E-state index < -0.39 is 30.8 Å². The molecule has 3 atom stereocenters. The van der Waals surface area contributed by atoms with Crippen LogP contribution >= 0.6 is 7.37 Å². The molecule has 4 fully saturated rings. The normalized spacial score (nSPS) is 26.0. The molecule has 3 aromatic rings. The molecule has 5 aliphatic carbocycles. The Labute approximate surface area is 291 Å². The largest absolute Gasteiger partial charge is 0.461 e. The topological polar surface area (TPSA) is 90.9 Å². The average molecular weight is 684 g/mol. The third-order valence-electron chi connectivity index (χ3n) is 11.4. The van der Waals surface area contributed by atoms with Gasteiger partial charge in [-0.1, -0.05) is 92.7 Å². The summed E-state index contributed by atoms with van der Waals surface area (Å²) >= 11 is 0. The Morgan fingerprint density at radius 1 is 0.796 bits per heavy atom. The van der Waals surface area contributed by atoms with Gasteiger partial charge in [-0.15, -0.1) is 0 Å². The second kappa shape index (κ2) is 14.1. The lowest BCUT2D eigenvalue weighted by atomic mass is 9.54. The second-order valence-corrected chi connectivity index (χ2v) is 18.4. The standard InChI is InChI=1S/C41H50NO6P/c1-27(2)17-33(39(43)46-24-29-11-5-4-6-12-29)26-49(45,48-41-21-30-18-31(22-41)20-32(19-30)23-41)28(3)42-40(44)47-25-38-36-15-9-7-13-34(36)35-14-8-10-16-37(35)38/h4-16,27-28,30-33,38H,17-26H2,1-3H3,(H,42,44). The first-order valence-corrected chi connectivity index (χ1v) is 20.1. The van der Waals surface area contributed by atoms with Crippen LogP contribution in [0.25, 0.3) is 11.1 Å². The monoisotopic (exact) mass is 683 g/mol. The molecule has 0 spiro atoms. The van der Waals surface area contributed by atoms with Gasteiger partial charge in [0.15, 0.2) is 0 Å². The molecule has 3 aromatic carbocycles. The van der Waals surface area contributed by atoms with Gasteiger partial charge in [0.25, 0.3) is 0 Å². The molecule has 8 heteroatoms. The molecule has 260 valence electrons. The Morgan fingerprint density at radius 2 is 1.35 bits per heavy atom. The predicted molar refractivity (Wildman–Crippen MR) is 191 cm³/mol. The molecule has 8 rings (SSSR count). The van der Waals surface area contributed by atoms with E-state index in [4.69, 9.17) is 14.0 Å². The van der Waals surface area contributed by atoms with E-state index in [9.17, 15) is 9.59 Å². The average Bonchev–Trinajstić information content (AvgIpc) is 3.39. The summed E-state index contributed by atoms with van der Waals surface area (Å²) in [6, 6.07) is 26.1. The lowest BCUT2D eigenvalue weighted by Gasteiger charge is -2.57. The van der Waals surface area contributed by atoms with Crippen molar-refractivity contribution in [3.05, 3.63) is 95.6 Å². The van der Waals surface area contributed by atoms with Crippen molar-refractivity contribution in [3.8, 4) is 11.1 Å². The van der Waals surface area contributed by atoms with Crippen LogP contribution < -0.4 is 5.32 Å². The number of alkyl carbamates (subject to hydrolysis) is 1. The van der Waals surface area contributed by atoms with Gasteiger partial charge in [0.1, 0.15) is 19.0 Å². The molecule has 4 bridgehead atoms. The summed E-state index contributed by atoms with van der Waals surface area (Å²) in [4.78, 5) is 27.2. The summed E-state index contributed by atoms with van der Waals surface area (Å²) in [6.45, 7) is 6.18. The van der Waals surface area contributed by atoms with E-state index in [-0.39, 0.29) is 37.2 Å². The highest BCUT2D eigenvalue weighted by molar-refractivity contribution is 7.59. The van der Waals surface area contributed by atoms with Crippen LogP contribution in [0.4, 0.5) is 4.79 Å². The zero-order chi connectivity index (χ0) is 34.2. The Hall–Kier alpha value is -3.41. The van der Waals surface area contributed by atoms with Crippen LogP contribution in [0.3, 0.4) is 0 Å². The van der Waals surface area contributed by atoms with E-state index >= 15 is 4.57 Å². The molecule has 5 aliphatic rings. The fourth-order valence-corrected chi connectivity index (χ4v) is 12.3. The first kappa shape index (κ1) is 34.1. The fraction of sp³-hybridized carbons (Fsp3) is 0.512. The minimum absolute atomic E-state index is 0.0192. The van der Waals surface area contributed by atoms with Gasteiger partial charge in [0.05, 0.1) is 11.5 Å².